The van der Waals surface area contributed by atoms with Crippen molar-refractivity contribution in [2.24, 2.45) is 57.6 Å². The van der Waals surface area contributed by atoms with Gasteiger partial charge in [-0.25, -0.2) is 4.99 Å². The topological polar surface area (TPSA) is 250 Å². The highest BCUT2D eigenvalue weighted by molar-refractivity contribution is 8.76. The standard InChI is InChI=1S/C65H87N5O11S2/c1-38(2)56-34-83-82-33-54-53-29-52-42-11-17-50(75)28-49(74)15-9-40-12-19-57(76)60(80-37-72)51(40)7-5-6-44(25-42)59(61(52)81-62(53)77)79-36-68-65-35-64(22-20-39(30-64)24-41-10-16-48(73)27-45(41)31-67-3)23-21-47(65)26-43(58(32-71)78-4)8-13-46(65)14-18-55(54)69-63(66)70-56/h10,12,16,19,25,27,38-39,43,46-47,50,53-56,58,62,67-68,71-73,75-77H,6,8-9,11,13,15,17,20-24,26,28-37H2,1-4H3,(H3,66,69,70)/t39-,43+,46+,47+,50-,53-,54+,55+,56-,58+,62+,64+,65-/m1/s1. The van der Waals surface area contributed by atoms with Crippen LogP contribution in [-0.4, -0.2) is 124 Å². The molecule has 8 aliphatic rings. The predicted octanol–water partition coefficient (Wildman–Crippen LogP) is 7.05. The summed E-state index contributed by atoms with van der Waals surface area (Å²) in [7, 11) is 7.15. The van der Waals surface area contributed by atoms with E-state index in [4.69, 9.17) is 29.7 Å². The summed E-state index contributed by atoms with van der Waals surface area (Å²) in [5, 5.41) is 77.5. The molecule has 4 heterocycles. The van der Waals surface area contributed by atoms with Gasteiger partial charge in [0.05, 0.1) is 36.5 Å². The van der Waals surface area contributed by atoms with Gasteiger partial charge in [0, 0.05) is 78.8 Å². The fraction of sp³-hybridized carbons (Fsp3) is 0.631. The van der Waals surface area contributed by atoms with E-state index in [0.29, 0.717) is 71.6 Å². The third-order valence-electron chi connectivity index (χ3n) is 19.7. The lowest BCUT2D eigenvalue weighted by atomic mass is 9.55. The highest BCUT2D eigenvalue weighted by Crippen LogP contribution is 2.60. The van der Waals surface area contributed by atoms with Gasteiger partial charge >= 0.3 is 0 Å². The van der Waals surface area contributed by atoms with Crippen molar-refractivity contribution >= 4 is 33.3 Å². The quantitative estimate of drug-likeness (QED) is 0.0555. The van der Waals surface area contributed by atoms with E-state index in [9.17, 15) is 35.4 Å². The Morgan fingerprint density at radius 3 is 2.55 bits per heavy atom. The number of aliphatic hydroxyl groups is 4. The number of nitrogens with two attached hydrogens (primary N) is 1. The zero-order valence-corrected chi connectivity index (χ0v) is 50.4. The number of hydrogen-bond donors (Lipinski definition) is 10. The summed E-state index contributed by atoms with van der Waals surface area (Å²) in [5.41, 5.74) is 12.3. The minimum absolute atomic E-state index is 0.00444. The van der Waals surface area contributed by atoms with Crippen LogP contribution in [0, 0.1) is 70.5 Å². The van der Waals surface area contributed by atoms with Crippen LogP contribution in [0.25, 0.3) is 0 Å². The van der Waals surface area contributed by atoms with Gasteiger partial charge in [-0.2, -0.15) is 0 Å². The first kappa shape index (κ1) is 61.2. The second-order valence-electron chi connectivity index (χ2n) is 25.1. The van der Waals surface area contributed by atoms with Crippen molar-refractivity contribution in [3.8, 4) is 52.4 Å². The maximum absolute atomic E-state index is 13.5. The molecular weight excluding hydrogens is 1090 g/mol. The van der Waals surface area contributed by atoms with Crippen LogP contribution in [0.4, 0.5) is 0 Å². The molecule has 4 aliphatic carbocycles. The third-order valence-corrected chi connectivity index (χ3v) is 22.1. The number of guanidine groups is 1. The maximum atomic E-state index is 13.5. The summed E-state index contributed by atoms with van der Waals surface area (Å²) in [4.78, 5) is 18.6. The minimum Gasteiger partial charge on any atom is -0.508 e. The number of aryl methyl sites for hydroxylation is 2. The molecule has 0 unspecified atom stereocenters. The molecule has 4 aliphatic heterocycles. The first-order valence-corrected chi connectivity index (χ1v) is 32.7. The number of Topliss-reactive ketones (excluding diaryl/α,β-unsaturated/α-hetero) is 1. The molecule has 83 heavy (non-hydrogen) atoms. The summed E-state index contributed by atoms with van der Waals surface area (Å²) >= 11 is 0. The molecule has 13 atom stereocenters. The van der Waals surface area contributed by atoms with E-state index in [2.05, 4.69) is 65.6 Å². The van der Waals surface area contributed by atoms with E-state index in [1.54, 1.807) is 34.8 Å². The number of benzene rings is 3. The first-order chi connectivity index (χ1) is 40.1. The van der Waals surface area contributed by atoms with Gasteiger partial charge in [0.25, 0.3) is 0 Å². The monoisotopic (exact) mass is 1180 g/mol. The predicted molar refractivity (Wildman–Crippen MR) is 324 cm³/mol. The summed E-state index contributed by atoms with van der Waals surface area (Å²) in [6, 6.07) is 10.5. The smallest absolute Gasteiger partial charge is 0.201 e. The zero-order chi connectivity index (χ0) is 58.4. The Morgan fingerprint density at radius 1 is 0.928 bits per heavy atom. The molecule has 6 bridgehead atoms. The van der Waals surface area contributed by atoms with E-state index in [-0.39, 0.29) is 109 Å². The highest BCUT2D eigenvalue weighted by Gasteiger charge is 2.57. The number of ketones is 1. The number of ether oxygens (including phenoxy) is 4. The number of nitrogens with one attached hydrogen (secondary N) is 3. The van der Waals surface area contributed by atoms with Gasteiger partial charge < -0.3 is 66.0 Å². The lowest BCUT2D eigenvalue weighted by molar-refractivity contribution is -0.121. The van der Waals surface area contributed by atoms with Gasteiger partial charge in [-0.15, -0.1) is 0 Å². The number of nitrogens with zero attached hydrogens (tertiary/aromatic N) is 1. The van der Waals surface area contributed by atoms with E-state index >= 15 is 0 Å². The molecule has 3 fully saturated rings. The Balaban J connectivity index is 1.13. The Morgan fingerprint density at radius 2 is 1.76 bits per heavy atom. The molecule has 16 nitrogen and oxygen atoms in total. The molecule has 450 valence electrons. The van der Waals surface area contributed by atoms with Crippen LogP contribution in [0.1, 0.15) is 130 Å². The summed E-state index contributed by atoms with van der Waals surface area (Å²) in [5.74, 6) is 17.0. The summed E-state index contributed by atoms with van der Waals surface area (Å²) < 4.78 is 25.8. The molecule has 3 aromatic rings. The Kier molecular flexibility index (Phi) is 20.1. The van der Waals surface area contributed by atoms with Crippen molar-refractivity contribution in [3.05, 3.63) is 75.3 Å². The number of carbonyl (C=O) groups is 1. The number of methoxy groups -OCH3 is 1. The molecule has 3 aromatic carbocycles. The molecule has 3 saturated carbocycles. The number of fused-ring (bicyclic) bond motifs is 6. The number of phenolic OH excluding ortho intramolecular Hbond substituents is 2. The fourth-order valence-corrected chi connectivity index (χ4v) is 18.1. The number of rotatable bonds is 10. The molecular formula is C65H87N5O11S2. The van der Waals surface area contributed by atoms with Gasteiger partial charge in [-0.1, -0.05) is 77.3 Å². The van der Waals surface area contributed by atoms with Crippen molar-refractivity contribution in [1.82, 2.24) is 16.0 Å². The average Bonchev–Trinajstić information content (AvgIpc) is 2.31. The van der Waals surface area contributed by atoms with Gasteiger partial charge in [-0.3, -0.25) is 10.1 Å². The lowest BCUT2D eigenvalue weighted by Crippen LogP contribution is -2.61. The lowest BCUT2D eigenvalue weighted by Gasteiger charge is -2.54. The van der Waals surface area contributed by atoms with Crippen LogP contribution in [0.2, 0.25) is 0 Å². The molecule has 0 radical (unpaired) electrons. The SMILES string of the molecule is CNCc1cc(O)ccc1C[C@H]1CC[C@]2(CC[C@H]3C[C@@H]([C@H](CO)OC)CC[C@H]4C#C[C@@H]5NC(N)=N[C@@H](C(C)C)CSSC[C@H]5[C@H]5Cc6c7cc(c(c6O[C@@H]5O)OCN[C@@]34C2)CC#Cc2c(ccc(O)c2OCO)CCC(=O)C[C@H](O)CC7)C1. The first-order valence-electron chi connectivity index (χ1n) is 30.2. The molecule has 2 spiro atoms. The second-order valence-corrected chi connectivity index (χ2v) is 27.7. The van der Waals surface area contributed by atoms with Crippen LogP contribution in [-0.2, 0) is 48.2 Å². The molecule has 0 saturated heterocycles. The van der Waals surface area contributed by atoms with Gasteiger partial charge in [0.15, 0.2) is 35.8 Å². The van der Waals surface area contributed by atoms with Crippen molar-refractivity contribution in [2.75, 3.05) is 45.8 Å². The van der Waals surface area contributed by atoms with E-state index in [1.165, 1.54) is 11.6 Å². The Bertz CT molecular complexity index is 2950. The van der Waals surface area contributed by atoms with Crippen molar-refractivity contribution in [2.45, 2.75) is 166 Å². The minimum atomic E-state index is -1.28. The van der Waals surface area contributed by atoms with Crippen LogP contribution < -0.4 is 35.9 Å². The van der Waals surface area contributed by atoms with Gasteiger partial charge in [0.2, 0.25) is 6.29 Å². The summed E-state index contributed by atoms with van der Waals surface area (Å²) in [6.45, 7) is 4.29. The number of carbonyl (C=O) groups excluding carboxylic acids is 1. The highest BCUT2D eigenvalue weighted by atomic mass is 33.1. The van der Waals surface area contributed by atoms with Gasteiger partial charge in [-0.05, 0) is 166 Å². The van der Waals surface area contributed by atoms with E-state index in [1.807, 2.05) is 19.2 Å². The molecule has 18 heteroatoms. The van der Waals surface area contributed by atoms with Crippen molar-refractivity contribution < 1.29 is 54.4 Å². The number of aliphatic hydroxyl groups excluding tert-OH is 4. The number of hydrogen-bond acceptors (Lipinski definition) is 18. The number of aliphatic imine (C=N–C) groups is 1. The molecule has 0 amide bonds. The van der Waals surface area contributed by atoms with Crippen LogP contribution >= 0.6 is 21.6 Å². The Labute approximate surface area is 498 Å². The molecule has 11 rings (SSSR count). The zero-order valence-electron chi connectivity index (χ0n) is 48.7. The van der Waals surface area contributed by atoms with Crippen LogP contribution in [0.5, 0.6) is 28.7 Å². The molecule has 0 aromatic heterocycles. The van der Waals surface area contributed by atoms with E-state index < -0.39 is 36.7 Å². The second kappa shape index (κ2) is 27.2. The van der Waals surface area contributed by atoms with E-state index in [0.717, 1.165) is 86.7 Å². The normalized spacial score (nSPS) is 31.5. The van der Waals surface area contributed by atoms with Crippen LogP contribution in [0.15, 0.2) is 41.4 Å². The number of aromatic hydroxyl groups is 2. The largest absolute Gasteiger partial charge is 0.508 e. The van der Waals surface area contributed by atoms with Crippen molar-refractivity contribution in [3.63, 3.8) is 0 Å². The number of phenols is 2. The Hall–Kier alpha value is -4.86. The average molecular weight is 1180 g/mol. The van der Waals surface area contributed by atoms with Gasteiger partial charge in [0.1, 0.15) is 18.3 Å². The molecule has 11 N–H and O–H groups in total. The van der Waals surface area contributed by atoms with Crippen LogP contribution in [0.3, 0.4) is 0 Å². The maximum Gasteiger partial charge on any atom is 0.201 e. The fourth-order valence-electron chi connectivity index (χ4n) is 15.3. The third kappa shape index (κ3) is 13.7. The summed E-state index contributed by atoms with van der Waals surface area (Å²) in [6.07, 6.45) is 8.48. The van der Waals surface area contributed by atoms with Crippen molar-refractivity contribution in [1.29, 1.82) is 0 Å².